The standard InChI is InChI=1S/C17H15N3O3S/c1-10-7-8-14(23-10)15-19-16(21)11(9-18)17(24)20(15)12-5-3-4-6-13(12)22-2/h3-8,15,24H,1-2H3,(H,19,21). The number of ether oxygens (including phenoxy) is 1. The molecule has 24 heavy (non-hydrogen) atoms. The van der Waals surface area contributed by atoms with Gasteiger partial charge in [-0.2, -0.15) is 5.26 Å². The second-order valence-corrected chi connectivity index (χ2v) is 5.60. The van der Waals surface area contributed by atoms with Crippen LogP contribution in [0.25, 0.3) is 0 Å². The van der Waals surface area contributed by atoms with Crippen LogP contribution in [0.15, 0.2) is 51.4 Å². The number of thiol groups is 1. The van der Waals surface area contributed by atoms with Crippen LogP contribution in [0.4, 0.5) is 5.69 Å². The molecule has 122 valence electrons. The lowest BCUT2D eigenvalue weighted by Crippen LogP contribution is -2.46. The van der Waals surface area contributed by atoms with Crippen LogP contribution < -0.4 is 15.0 Å². The molecule has 0 bridgehead atoms. The Bertz CT molecular complexity index is 866. The number of carbonyl (C=O) groups is 1. The molecule has 1 aliphatic heterocycles. The summed E-state index contributed by atoms with van der Waals surface area (Å²) < 4.78 is 11.1. The Morgan fingerprint density at radius 3 is 2.71 bits per heavy atom. The number of benzene rings is 1. The van der Waals surface area contributed by atoms with E-state index in [2.05, 4.69) is 17.9 Å². The smallest absolute Gasteiger partial charge is 0.266 e. The number of nitrogens with one attached hydrogen (secondary N) is 1. The molecule has 0 saturated carbocycles. The lowest BCUT2D eigenvalue weighted by atomic mass is 10.1. The number of nitriles is 1. The van der Waals surface area contributed by atoms with Gasteiger partial charge in [-0.05, 0) is 31.2 Å². The third kappa shape index (κ3) is 2.61. The predicted octanol–water partition coefficient (Wildman–Crippen LogP) is 2.90. The van der Waals surface area contributed by atoms with E-state index in [1.807, 2.05) is 37.3 Å². The first-order valence-electron chi connectivity index (χ1n) is 7.19. The zero-order valence-electron chi connectivity index (χ0n) is 13.1. The monoisotopic (exact) mass is 341 g/mol. The van der Waals surface area contributed by atoms with E-state index in [9.17, 15) is 10.1 Å². The van der Waals surface area contributed by atoms with E-state index in [1.54, 1.807) is 24.1 Å². The molecule has 1 aromatic carbocycles. The van der Waals surface area contributed by atoms with Gasteiger partial charge in [-0.1, -0.05) is 12.1 Å². The van der Waals surface area contributed by atoms with Crippen molar-refractivity contribution in [1.82, 2.24) is 5.32 Å². The van der Waals surface area contributed by atoms with Gasteiger partial charge in [0.15, 0.2) is 6.17 Å². The molecule has 1 atom stereocenters. The van der Waals surface area contributed by atoms with E-state index in [-0.39, 0.29) is 10.6 Å². The van der Waals surface area contributed by atoms with E-state index in [0.717, 1.165) is 5.76 Å². The van der Waals surface area contributed by atoms with Crippen molar-refractivity contribution in [2.24, 2.45) is 0 Å². The fourth-order valence-electron chi connectivity index (χ4n) is 2.59. The van der Waals surface area contributed by atoms with Crippen LogP contribution >= 0.6 is 12.6 Å². The number of hydrogen-bond donors (Lipinski definition) is 2. The first kappa shape index (κ1) is 16.0. The maximum Gasteiger partial charge on any atom is 0.266 e. The predicted molar refractivity (Wildman–Crippen MR) is 91.4 cm³/mol. The van der Waals surface area contributed by atoms with E-state index in [1.165, 1.54) is 0 Å². The molecular formula is C17H15N3O3S. The van der Waals surface area contributed by atoms with Gasteiger partial charge in [0.05, 0.1) is 17.8 Å². The normalized spacial score (nSPS) is 17.5. The summed E-state index contributed by atoms with van der Waals surface area (Å²) in [5.41, 5.74) is 0.598. The minimum absolute atomic E-state index is 0.0660. The number of hydrogen-bond acceptors (Lipinski definition) is 6. The Morgan fingerprint density at radius 1 is 1.33 bits per heavy atom. The van der Waals surface area contributed by atoms with Crippen molar-refractivity contribution in [3.63, 3.8) is 0 Å². The number of anilines is 1. The zero-order valence-corrected chi connectivity index (χ0v) is 14.0. The van der Waals surface area contributed by atoms with Crippen LogP contribution in [-0.4, -0.2) is 13.0 Å². The van der Waals surface area contributed by atoms with Crippen LogP contribution in [0.3, 0.4) is 0 Å². The third-order valence-electron chi connectivity index (χ3n) is 3.69. The van der Waals surface area contributed by atoms with Crippen molar-refractivity contribution >= 4 is 24.2 Å². The van der Waals surface area contributed by atoms with E-state index in [0.29, 0.717) is 17.2 Å². The van der Waals surface area contributed by atoms with Crippen molar-refractivity contribution in [2.45, 2.75) is 13.1 Å². The van der Waals surface area contributed by atoms with Crippen LogP contribution in [0.5, 0.6) is 5.75 Å². The third-order valence-corrected chi connectivity index (χ3v) is 4.13. The molecular weight excluding hydrogens is 326 g/mol. The summed E-state index contributed by atoms with van der Waals surface area (Å²) in [4.78, 5) is 13.9. The van der Waals surface area contributed by atoms with Crippen molar-refractivity contribution < 1.29 is 13.9 Å². The number of nitrogens with zero attached hydrogens (tertiary/aromatic N) is 2. The second kappa shape index (κ2) is 6.34. The van der Waals surface area contributed by atoms with Crippen LogP contribution in [0.2, 0.25) is 0 Å². The van der Waals surface area contributed by atoms with Gasteiger partial charge in [-0.15, -0.1) is 12.6 Å². The molecule has 0 saturated heterocycles. The Labute approximate surface area is 144 Å². The van der Waals surface area contributed by atoms with Gasteiger partial charge in [0.1, 0.15) is 28.9 Å². The highest BCUT2D eigenvalue weighted by Crippen LogP contribution is 2.40. The highest BCUT2D eigenvalue weighted by molar-refractivity contribution is 7.84. The number of amides is 1. The topological polar surface area (TPSA) is 78.5 Å². The summed E-state index contributed by atoms with van der Waals surface area (Å²) >= 11 is 4.43. The fourth-order valence-corrected chi connectivity index (χ4v) is 2.96. The van der Waals surface area contributed by atoms with Crippen LogP contribution in [0, 0.1) is 18.3 Å². The number of carbonyl (C=O) groups excluding carboxylic acids is 1. The minimum Gasteiger partial charge on any atom is -0.495 e. The maximum atomic E-state index is 12.2. The molecule has 1 amide bonds. The first-order chi connectivity index (χ1) is 11.6. The SMILES string of the molecule is COc1ccccc1N1C(S)=C(C#N)C(=O)NC1c1ccc(C)o1. The van der Waals surface area contributed by atoms with Crippen molar-refractivity contribution in [2.75, 3.05) is 12.0 Å². The summed E-state index contributed by atoms with van der Waals surface area (Å²) in [5, 5.41) is 12.3. The lowest BCUT2D eigenvalue weighted by Gasteiger charge is -2.37. The van der Waals surface area contributed by atoms with Gasteiger partial charge in [0.25, 0.3) is 5.91 Å². The molecule has 0 spiro atoms. The Morgan fingerprint density at radius 2 is 2.08 bits per heavy atom. The molecule has 7 heteroatoms. The molecule has 0 fully saturated rings. The van der Waals surface area contributed by atoms with Crippen molar-refractivity contribution in [3.8, 4) is 11.8 Å². The van der Waals surface area contributed by atoms with Crippen LogP contribution in [0.1, 0.15) is 17.7 Å². The van der Waals surface area contributed by atoms with Gasteiger partial charge in [0.2, 0.25) is 0 Å². The zero-order chi connectivity index (χ0) is 17.3. The molecule has 6 nitrogen and oxygen atoms in total. The lowest BCUT2D eigenvalue weighted by molar-refractivity contribution is -0.118. The Kier molecular flexibility index (Phi) is 4.23. The van der Waals surface area contributed by atoms with Crippen molar-refractivity contribution in [1.29, 1.82) is 5.26 Å². The van der Waals surface area contributed by atoms with E-state index >= 15 is 0 Å². The van der Waals surface area contributed by atoms with Crippen LogP contribution in [-0.2, 0) is 4.79 Å². The molecule has 1 aromatic heterocycles. The average molecular weight is 341 g/mol. The fraction of sp³-hybridized carbons (Fsp3) is 0.176. The summed E-state index contributed by atoms with van der Waals surface area (Å²) in [6.07, 6.45) is -0.632. The quantitative estimate of drug-likeness (QED) is 0.839. The van der Waals surface area contributed by atoms with E-state index < -0.39 is 12.1 Å². The molecule has 0 radical (unpaired) electrons. The maximum absolute atomic E-state index is 12.2. The van der Waals surface area contributed by atoms with Gasteiger partial charge >= 0.3 is 0 Å². The van der Waals surface area contributed by atoms with Crippen molar-refractivity contribution in [3.05, 3.63) is 58.5 Å². The molecule has 0 aliphatic carbocycles. The average Bonchev–Trinajstić information content (AvgIpc) is 3.01. The number of methoxy groups -OCH3 is 1. The summed E-state index contributed by atoms with van der Waals surface area (Å²) in [6, 6.07) is 12.8. The molecule has 3 rings (SSSR count). The largest absolute Gasteiger partial charge is 0.495 e. The number of para-hydroxylation sites is 2. The first-order valence-corrected chi connectivity index (χ1v) is 7.64. The van der Waals surface area contributed by atoms with E-state index in [4.69, 9.17) is 9.15 Å². The van der Waals surface area contributed by atoms with Gasteiger partial charge in [-0.3, -0.25) is 4.79 Å². The van der Waals surface area contributed by atoms with Gasteiger partial charge in [0, 0.05) is 0 Å². The van der Waals surface area contributed by atoms with Gasteiger partial charge in [-0.25, -0.2) is 0 Å². The summed E-state index contributed by atoms with van der Waals surface area (Å²) in [5.74, 6) is 1.35. The highest BCUT2D eigenvalue weighted by Gasteiger charge is 2.36. The molecule has 2 aromatic rings. The Hall–Kier alpha value is -2.85. The Balaban J connectivity index is 2.20. The molecule has 1 N–H and O–H groups in total. The second-order valence-electron chi connectivity index (χ2n) is 5.18. The molecule has 1 aliphatic rings. The van der Waals surface area contributed by atoms with Gasteiger partial charge < -0.3 is 19.4 Å². The number of aryl methyl sites for hydroxylation is 1. The highest BCUT2D eigenvalue weighted by atomic mass is 32.1. The molecule has 1 unspecified atom stereocenters. The number of rotatable bonds is 3. The summed E-state index contributed by atoms with van der Waals surface area (Å²) in [6.45, 7) is 1.82. The summed E-state index contributed by atoms with van der Waals surface area (Å²) in [7, 11) is 1.56. The molecule has 2 heterocycles. The minimum atomic E-state index is -0.632. The number of furan rings is 1.